The molecule has 0 saturated heterocycles. The number of rotatable bonds is 3. The minimum Gasteiger partial charge on any atom is -0.395 e. The molecule has 0 aromatic heterocycles. The molecule has 0 fully saturated rings. The molecule has 0 spiro atoms. The molecule has 4 nitrogen and oxygen atoms in total. The summed E-state index contributed by atoms with van der Waals surface area (Å²) in [6.45, 7) is 2.12. The number of carbonyl (C=O) groups excluding carboxylic acids is 1. The van der Waals surface area contributed by atoms with E-state index in [-0.39, 0.29) is 19.2 Å². The molecule has 2 amide bonds. The minimum absolute atomic E-state index is 0.0671. The van der Waals surface area contributed by atoms with Crippen molar-refractivity contribution in [3.05, 3.63) is 28.2 Å². The molecule has 0 saturated carbocycles. The number of nitrogens with one attached hydrogen (secondary N) is 2. The molecule has 1 rings (SSSR count). The third kappa shape index (κ3) is 3.53. The highest BCUT2D eigenvalue weighted by Gasteiger charge is 2.05. The van der Waals surface area contributed by atoms with Gasteiger partial charge in [0.05, 0.1) is 12.3 Å². The van der Waals surface area contributed by atoms with Crippen LogP contribution in [0.15, 0.2) is 22.7 Å². The molecule has 1 aromatic carbocycles. The Balaban J connectivity index is 2.64. The number of urea groups is 1. The highest BCUT2D eigenvalue weighted by atomic mass is 79.9. The maximum absolute atomic E-state index is 11.3. The third-order valence-corrected chi connectivity index (χ3v) is 2.89. The zero-order chi connectivity index (χ0) is 11.3. The lowest BCUT2D eigenvalue weighted by atomic mass is 10.2. The average Bonchev–Trinajstić information content (AvgIpc) is 2.22. The van der Waals surface area contributed by atoms with Gasteiger partial charge in [0.25, 0.3) is 0 Å². The molecule has 82 valence electrons. The summed E-state index contributed by atoms with van der Waals surface area (Å²) >= 11 is 3.38. The zero-order valence-electron chi connectivity index (χ0n) is 8.38. The first-order chi connectivity index (χ1) is 7.15. The van der Waals surface area contributed by atoms with E-state index in [4.69, 9.17) is 5.11 Å². The SMILES string of the molecule is Cc1cccc(NC(=O)NCCO)c1Br. The normalized spacial score (nSPS) is 9.80. The molecule has 15 heavy (non-hydrogen) atoms. The molecular weight excluding hydrogens is 260 g/mol. The van der Waals surface area contributed by atoms with Crippen LogP contribution in [0.25, 0.3) is 0 Å². The first-order valence-electron chi connectivity index (χ1n) is 4.56. The van der Waals surface area contributed by atoms with Crippen molar-refractivity contribution in [2.24, 2.45) is 0 Å². The van der Waals surface area contributed by atoms with Gasteiger partial charge in [-0.05, 0) is 34.5 Å². The molecule has 0 unspecified atom stereocenters. The molecule has 0 aliphatic heterocycles. The van der Waals surface area contributed by atoms with Gasteiger partial charge in [-0.2, -0.15) is 0 Å². The first kappa shape index (κ1) is 12.0. The number of hydrogen-bond donors (Lipinski definition) is 3. The number of benzene rings is 1. The smallest absolute Gasteiger partial charge is 0.319 e. The second-order valence-electron chi connectivity index (χ2n) is 3.04. The monoisotopic (exact) mass is 272 g/mol. The van der Waals surface area contributed by atoms with E-state index in [9.17, 15) is 4.79 Å². The Hall–Kier alpha value is -1.07. The van der Waals surface area contributed by atoms with E-state index in [2.05, 4.69) is 26.6 Å². The lowest BCUT2D eigenvalue weighted by Crippen LogP contribution is -2.31. The highest BCUT2D eigenvalue weighted by Crippen LogP contribution is 2.25. The van der Waals surface area contributed by atoms with Crippen LogP contribution in [0.1, 0.15) is 5.56 Å². The summed E-state index contributed by atoms with van der Waals surface area (Å²) < 4.78 is 0.865. The van der Waals surface area contributed by atoms with Crippen molar-refractivity contribution in [2.75, 3.05) is 18.5 Å². The van der Waals surface area contributed by atoms with Crippen LogP contribution in [-0.2, 0) is 0 Å². The molecule has 0 bridgehead atoms. The Morgan fingerprint density at radius 2 is 2.27 bits per heavy atom. The summed E-state index contributed by atoms with van der Waals surface area (Å²) in [4.78, 5) is 11.3. The Bertz CT molecular complexity index is 355. The number of carbonyl (C=O) groups is 1. The number of aryl methyl sites for hydroxylation is 1. The van der Waals surface area contributed by atoms with Gasteiger partial charge in [-0.3, -0.25) is 0 Å². The number of aliphatic hydroxyl groups is 1. The maximum Gasteiger partial charge on any atom is 0.319 e. The van der Waals surface area contributed by atoms with Crippen molar-refractivity contribution in [1.29, 1.82) is 0 Å². The van der Waals surface area contributed by atoms with Crippen molar-refractivity contribution in [2.45, 2.75) is 6.92 Å². The molecule has 0 atom stereocenters. The van der Waals surface area contributed by atoms with E-state index in [0.29, 0.717) is 5.69 Å². The van der Waals surface area contributed by atoms with E-state index in [1.165, 1.54) is 0 Å². The van der Waals surface area contributed by atoms with Crippen LogP contribution >= 0.6 is 15.9 Å². The van der Waals surface area contributed by atoms with Gasteiger partial charge in [-0.25, -0.2) is 4.79 Å². The summed E-state index contributed by atoms with van der Waals surface area (Å²) in [7, 11) is 0. The van der Waals surface area contributed by atoms with Crippen LogP contribution in [0, 0.1) is 6.92 Å². The van der Waals surface area contributed by atoms with Crippen LogP contribution in [0.2, 0.25) is 0 Å². The number of anilines is 1. The fourth-order valence-corrected chi connectivity index (χ4v) is 1.44. The van der Waals surface area contributed by atoms with E-state index in [0.717, 1.165) is 10.0 Å². The topological polar surface area (TPSA) is 61.4 Å². The molecule has 0 aliphatic carbocycles. The summed E-state index contributed by atoms with van der Waals surface area (Å²) in [5.74, 6) is 0. The standard InChI is InChI=1S/C10H13BrN2O2/c1-7-3-2-4-8(9(7)11)13-10(15)12-5-6-14/h2-4,14H,5-6H2,1H3,(H2,12,13,15). The zero-order valence-corrected chi connectivity index (χ0v) is 9.97. The van der Waals surface area contributed by atoms with Crippen molar-refractivity contribution in [3.63, 3.8) is 0 Å². The summed E-state index contributed by atoms with van der Waals surface area (Å²) in [5, 5.41) is 13.7. The van der Waals surface area contributed by atoms with Crippen LogP contribution in [0.5, 0.6) is 0 Å². The van der Waals surface area contributed by atoms with Crippen LogP contribution in [0.3, 0.4) is 0 Å². The van der Waals surface area contributed by atoms with Crippen LogP contribution < -0.4 is 10.6 Å². The Kier molecular flexibility index (Phi) is 4.58. The molecule has 1 aromatic rings. The van der Waals surface area contributed by atoms with Crippen molar-refractivity contribution < 1.29 is 9.90 Å². The van der Waals surface area contributed by atoms with Gasteiger partial charge in [-0.1, -0.05) is 12.1 Å². The molecule has 0 heterocycles. The third-order valence-electron chi connectivity index (χ3n) is 1.84. The van der Waals surface area contributed by atoms with Gasteiger partial charge in [-0.15, -0.1) is 0 Å². The lowest BCUT2D eigenvalue weighted by Gasteiger charge is -2.09. The van der Waals surface area contributed by atoms with Crippen LogP contribution in [-0.4, -0.2) is 24.3 Å². The maximum atomic E-state index is 11.3. The number of halogens is 1. The second kappa shape index (κ2) is 5.72. The fourth-order valence-electron chi connectivity index (χ4n) is 1.08. The number of aliphatic hydroxyl groups excluding tert-OH is 1. The quantitative estimate of drug-likeness (QED) is 0.787. The highest BCUT2D eigenvalue weighted by molar-refractivity contribution is 9.10. The molecular formula is C10H13BrN2O2. The largest absolute Gasteiger partial charge is 0.395 e. The Labute approximate surface area is 96.8 Å². The molecule has 0 radical (unpaired) electrons. The summed E-state index contributed by atoms with van der Waals surface area (Å²) in [6, 6.07) is 5.29. The number of amides is 2. The van der Waals surface area contributed by atoms with E-state index < -0.39 is 0 Å². The second-order valence-corrected chi connectivity index (χ2v) is 3.83. The van der Waals surface area contributed by atoms with E-state index >= 15 is 0 Å². The average molecular weight is 273 g/mol. The summed E-state index contributed by atoms with van der Waals surface area (Å²) in [5.41, 5.74) is 1.76. The predicted molar refractivity (Wildman–Crippen MR) is 63.0 cm³/mol. The van der Waals surface area contributed by atoms with E-state index in [1.54, 1.807) is 6.07 Å². The summed E-state index contributed by atoms with van der Waals surface area (Å²) in [6.07, 6.45) is 0. The van der Waals surface area contributed by atoms with Gasteiger partial charge in [0.15, 0.2) is 0 Å². The van der Waals surface area contributed by atoms with Gasteiger partial charge < -0.3 is 15.7 Å². The van der Waals surface area contributed by atoms with Gasteiger partial charge >= 0.3 is 6.03 Å². The molecule has 5 heteroatoms. The van der Waals surface area contributed by atoms with Crippen molar-refractivity contribution in [3.8, 4) is 0 Å². The molecule has 3 N–H and O–H groups in total. The van der Waals surface area contributed by atoms with Gasteiger partial charge in [0, 0.05) is 11.0 Å². The van der Waals surface area contributed by atoms with Crippen LogP contribution in [0.4, 0.5) is 10.5 Å². The predicted octanol–water partition coefficient (Wildman–Crippen LogP) is 1.87. The van der Waals surface area contributed by atoms with Crippen molar-refractivity contribution >= 4 is 27.6 Å². The van der Waals surface area contributed by atoms with Gasteiger partial charge in [0.1, 0.15) is 0 Å². The Morgan fingerprint density at radius 1 is 1.53 bits per heavy atom. The first-order valence-corrected chi connectivity index (χ1v) is 5.35. The van der Waals surface area contributed by atoms with E-state index in [1.807, 2.05) is 19.1 Å². The number of hydrogen-bond acceptors (Lipinski definition) is 2. The van der Waals surface area contributed by atoms with Gasteiger partial charge in [0.2, 0.25) is 0 Å². The minimum atomic E-state index is -0.324. The fraction of sp³-hybridized carbons (Fsp3) is 0.300. The van der Waals surface area contributed by atoms with Crippen molar-refractivity contribution in [1.82, 2.24) is 5.32 Å². The lowest BCUT2D eigenvalue weighted by molar-refractivity contribution is 0.245. The Morgan fingerprint density at radius 3 is 2.93 bits per heavy atom. The molecule has 0 aliphatic rings.